The molecule has 2 fully saturated rings. The topological polar surface area (TPSA) is 41.6 Å². The van der Waals surface area contributed by atoms with Gasteiger partial charge in [0.05, 0.1) is 17.2 Å². The number of carbonyl (C=O) groups excluding carboxylic acids is 1. The molecule has 2 heterocycles. The van der Waals surface area contributed by atoms with Crippen LogP contribution >= 0.6 is 11.6 Å². The lowest BCUT2D eigenvalue weighted by atomic mass is 10.0. The molecule has 0 aromatic heterocycles. The molecule has 0 saturated carbocycles. The average molecular weight is 337 g/mol. The minimum atomic E-state index is -0.0549. The lowest BCUT2D eigenvalue weighted by Gasteiger charge is -2.35. The molecule has 4 nitrogen and oxygen atoms in total. The van der Waals surface area contributed by atoms with Gasteiger partial charge in [-0.05, 0) is 56.4 Å². The number of carbonyl (C=O) groups is 1. The Morgan fingerprint density at radius 3 is 2.57 bits per heavy atom. The molecule has 1 aromatic carbocycles. The van der Waals surface area contributed by atoms with Crippen LogP contribution in [0, 0.1) is 13.8 Å². The molecule has 0 bridgehead atoms. The van der Waals surface area contributed by atoms with Crippen LogP contribution in [0.3, 0.4) is 0 Å². The summed E-state index contributed by atoms with van der Waals surface area (Å²) >= 11 is 6.24. The fourth-order valence-electron chi connectivity index (χ4n) is 3.44. The van der Waals surface area contributed by atoms with Gasteiger partial charge in [-0.2, -0.15) is 0 Å². The lowest BCUT2D eigenvalue weighted by molar-refractivity contribution is 0.0875. The quantitative estimate of drug-likeness (QED) is 0.922. The van der Waals surface area contributed by atoms with Gasteiger partial charge in [0.1, 0.15) is 0 Å². The van der Waals surface area contributed by atoms with Gasteiger partial charge >= 0.3 is 0 Å². The molecule has 1 N–H and O–H groups in total. The summed E-state index contributed by atoms with van der Waals surface area (Å²) in [5.74, 6) is -0.0549. The Balaban J connectivity index is 1.56. The first-order valence-corrected chi connectivity index (χ1v) is 8.82. The largest absolute Gasteiger partial charge is 0.380 e. The Morgan fingerprint density at radius 1 is 1.22 bits per heavy atom. The molecule has 1 amide bonds. The molecule has 3 rings (SSSR count). The van der Waals surface area contributed by atoms with Crippen LogP contribution in [0.4, 0.5) is 0 Å². The molecule has 23 heavy (non-hydrogen) atoms. The lowest BCUT2D eigenvalue weighted by Crippen LogP contribution is -2.48. The molecule has 5 heteroatoms. The van der Waals surface area contributed by atoms with Gasteiger partial charge in [-0.15, -0.1) is 0 Å². The highest BCUT2D eigenvalue weighted by Gasteiger charge is 2.28. The number of amides is 1. The van der Waals surface area contributed by atoms with Crippen molar-refractivity contribution in [2.75, 3.05) is 26.3 Å². The third-order valence-electron chi connectivity index (χ3n) is 5.11. The van der Waals surface area contributed by atoms with Crippen LogP contribution in [-0.2, 0) is 4.74 Å². The summed E-state index contributed by atoms with van der Waals surface area (Å²) in [6, 6.07) is 4.56. The van der Waals surface area contributed by atoms with Gasteiger partial charge in [-0.25, -0.2) is 0 Å². The van der Waals surface area contributed by atoms with Crippen molar-refractivity contribution >= 4 is 17.5 Å². The van der Waals surface area contributed by atoms with E-state index in [4.69, 9.17) is 16.3 Å². The maximum Gasteiger partial charge on any atom is 0.253 e. The van der Waals surface area contributed by atoms with Gasteiger partial charge < -0.3 is 10.1 Å². The molecule has 126 valence electrons. The fraction of sp³-hybridized carbons (Fsp3) is 0.611. The van der Waals surface area contributed by atoms with E-state index in [1.165, 1.54) is 0 Å². The van der Waals surface area contributed by atoms with Crippen molar-refractivity contribution < 1.29 is 9.53 Å². The molecule has 0 radical (unpaired) electrons. The normalized spacial score (nSPS) is 23.2. The van der Waals surface area contributed by atoms with Crippen LogP contribution in [0.25, 0.3) is 0 Å². The van der Waals surface area contributed by atoms with E-state index in [-0.39, 0.29) is 11.9 Å². The zero-order valence-electron chi connectivity index (χ0n) is 13.9. The molecule has 2 aliphatic heterocycles. The number of ether oxygens (including phenoxy) is 1. The summed E-state index contributed by atoms with van der Waals surface area (Å²) in [5.41, 5.74) is 2.79. The predicted octanol–water partition coefficient (Wildman–Crippen LogP) is 2.94. The van der Waals surface area contributed by atoms with Crippen LogP contribution in [0.1, 0.15) is 40.7 Å². The highest BCUT2D eigenvalue weighted by Crippen LogP contribution is 2.22. The molecule has 1 aromatic rings. The molecular formula is C18H25ClN2O2. The summed E-state index contributed by atoms with van der Waals surface area (Å²) in [4.78, 5) is 15.0. The van der Waals surface area contributed by atoms with Gasteiger partial charge in [-0.1, -0.05) is 11.6 Å². The predicted molar refractivity (Wildman–Crippen MR) is 92.2 cm³/mol. The first-order chi connectivity index (χ1) is 11.0. The fourth-order valence-corrected chi connectivity index (χ4v) is 3.74. The Morgan fingerprint density at radius 2 is 1.91 bits per heavy atom. The second-order valence-electron chi connectivity index (χ2n) is 6.72. The zero-order valence-corrected chi connectivity index (χ0v) is 14.7. The van der Waals surface area contributed by atoms with Crippen molar-refractivity contribution in [2.45, 2.75) is 45.2 Å². The van der Waals surface area contributed by atoms with Gasteiger partial charge in [0.2, 0.25) is 0 Å². The van der Waals surface area contributed by atoms with Crippen molar-refractivity contribution in [1.82, 2.24) is 10.2 Å². The second kappa shape index (κ2) is 7.20. The van der Waals surface area contributed by atoms with Crippen molar-refractivity contribution in [3.8, 4) is 0 Å². The number of piperidine rings is 1. The number of hydrogen-bond donors (Lipinski definition) is 1. The highest BCUT2D eigenvalue weighted by atomic mass is 35.5. The van der Waals surface area contributed by atoms with Gasteiger partial charge in [-0.3, -0.25) is 9.69 Å². The smallest absolute Gasteiger partial charge is 0.253 e. The van der Waals surface area contributed by atoms with Gasteiger partial charge in [0.15, 0.2) is 0 Å². The molecule has 0 spiro atoms. The van der Waals surface area contributed by atoms with Crippen LogP contribution in [0.5, 0.6) is 0 Å². The molecule has 0 aliphatic carbocycles. The first-order valence-electron chi connectivity index (χ1n) is 8.44. The first kappa shape index (κ1) is 16.7. The Bertz CT molecular complexity index is 577. The number of nitrogens with one attached hydrogen (secondary N) is 1. The number of rotatable bonds is 3. The second-order valence-corrected chi connectivity index (χ2v) is 7.12. The van der Waals surface area contributed by atoms with Crippen molar-refractivity contribution in [3.63, 3.8) is 0 Å². The molecular weight excluding hydrogens is 312 g/mol. The Labute approximate surface area is 143 Å². The molecule has 0 unspecified atom stereocenters. The number of halogens is 1. The maximum atomic E-state index is 12.5. The third-order valence-corrected chi connectivity index (χ3v) is 5.43. The van der Waals surface area contributed by atoms with Crippen LogP contribution in [0.2, 0.25) is 5.02 Å². The summed E-state index contributed by atoms with van der Waals surface area (Å²) in [5, 5.41) is 3.69. The summed E-state index contributed by atoms with van der Waals surface area (Å²) in [6.07, 6.45) is 3.12. The maximum absolute atomic E-state index is 12.5. The van der Waals surface area contributed by atoms with Gasteiger partial charge in [0, 0.05) is 31.8 Å². The van der Waals surface area contributed by atoms with E-state index in [1.807, 2.05) is 26.0 Å². The van der Waals surface area contributed by atoms with Crippen molar-refractivity contribution in [1.29, 1.82) is 0 Å². The standard InChI is InChI=1S/C18H25ClN2O2/c1-12-9-16(17(19)10-13(12)2)18(22)20-14-3-6-21(7-4-14)15-5-8-23-11-15/h9-10,14-15H,3-8,11H2,1-2H3,(H,20,22)/t15-/m1/s1. The number of benzene rings is 1. The summed E-state index contributed by atoms with van der Waals surface area (Å²) in [7, 11) is 0. The van der Waals surface area contributed by atoms with Gasteiger partial charge in [0.25, 0.3) is 5.91 Å². The molecule has 2 saturated heterocycles. The number of nitrogens with zero attached hydrogens (tertiary/aromatic N) is 1. The molecule has 1 atom stereocenters. The Hall–Kier alpha value is -1.10. The van der Waals surface area contributed by atoms with E-state index >= 15 is 0 Å². The third kappa shape index (κ3) is 3.87. The van der Waals surface area contributed by atoms with E-state index in [9.17, 15) is 4.79 Å². The minimum Gasteiger partial charge on any atom is -0.380 e. The number of likely N-dealkylation sites (tertiary alicyclic amines) is 1. The minimum absolute atomic E-state index is 0.0549. The summed E-state index contributed by atoms with van der Waals surface area (Å²) < 4.78 is 5.47. The van der Waals surface area contributed by atoms with E-state index in [1.54, 1.807) is 0 Å². The van der Waals surface area contributed by atoms with Crippen molar-refractivity contribution in [3.05, 3.63) is 33.8 Å². The number of aryl methyl sites for hydroxylation is 2. The highest BCUT2D eigenvalue weighted by molar-refractivity contribution is 6.34. The average Bonchev–Trinajstić information content (AvgIpc) is 3.06. The van der Waals surface area contributed by atoms with Crippen LogP contribution < -0.4 is 5.32 Å². The Kier molecular flexibility index (Phi) is 5.24. The number of hydrogen-bond acceptors (Lipinski definition) is 3. The zero-order chi connectivity index (χ0) is 16.4. The van der Waals surface area contributed by atoms with E-state index in [2.05, 4.69) is 10.2 Å². The van der Waals surface area contributed by atoms with Crippen molar-refractivity contribution in [2.24, 2.45) is 0 Å². The molecule has 2 aliphatic rings. The van der Waals surface area contributed by atoms with Crippen LogP contribution in [0.15, 0.2) is 12.1 Å². The SMILES string of the molecule is Cc1cc(Cl)c(C(=O)NC2CCN([C@@H]3CCOC3)CC2)cc1C. The summed E-state index contributed by atoms with van der Waals surface area (Å²) in [6.45, 7) is 7.80. The van der Waals surface area contributed by atoms with E-state index in [0.717, 1.165) is 56.7 Å². The monoisotopic (exact) mass is 336 g/mol. The van der Waals surface area contributed by atoms with E-state index in [0.29, 0.717) is 16.6 Å². The van der Waals surface area contributed by atoms with Crippen LogP contribution in [-0.4, -0.2) is 49.2 Å². The van der Waals surface area contributed by atoms with E-state index < -0.39 is 0 Å².